The maximum absolute atomic E-state index is 12.1. The Balaban J connectivity index is 3.12. The first-order valence-corrected chi connectivity index (χ1v) is 3.95. The molecule has 0 amide bonds. The molecule has 0 aliphatic carbocycles. The van der Waals surface area contributed by atoms with Gasteiger partial charge >= 0.3 is 6.18 Å². The first kappa shape index (κ1) is 10.6. The Morgan fingerprint density at radius 2 is 1.64 bits per heavy atom. The van der Waals surface area contributed by atoms with Gasteiger partial charge in [-0.15, -0.1) is 0 Å². The summed E-state index contributed by atoms with van der Waals surface area (Å²) in [5, 5.41) is 8.86. The van der Waals surface area contributed by atoms with Crippen molar-refractivity contribution in [1.29, 1.82) is 0 Å². The highest BCUT2D eigenvalue weighted by Gasteiger charge is 2.35. The summed E-state index contributed by atoms with van der Waals surface area (Å²) in [6, 6.07) is 7.95. The molecule has 0 radical (unpaired) electrons. The van der Waals surface area contributed by atoms with Gasteiger partial charge in [0.15, 0.2) is 0 Å². The number of aliphatic hydroxyl groups excluding tert-OH is 1. The Kier molecular flexibility index (Phi) is 2.84. The van der Waals surface area contributed by atoms with Crippen molar-refractivity contribution < 1.29 is 18.3 Å². The van der Waals surface area contributed by atoms with E-state index in [4.69, 9.17) is 5.11 Å². The van der Waals surface area contributed by atoms with Crippen LogP contribution in [0.1, 0.15) is 12.5 Å². The second-order valence-electron chi connectivity index (χ2n) is 2.84. The van der Waals surface area contributed by atoms with Crippen LogP contribution >= 0.6 is 0 Å². The van der Waals surface area contributed by atoms with Gasteiger partial charge in [0.05, 0.1) is 0 Å². The van der Waals surface area contributed by atoms with Gasteiger partial charge in [0.25, 0.3) is 0 Å². The van der Waals surface area contributed by atoms with Gasteiger partial charge in [0.2, 0.25) is 5.76 Å². The minimum Gasteiger partial charge on any atom is -0.504 e. The number of allylic oxidation sites excluding steroid dienone is 2. The zero-order valence-corrected chi connectivity index (χ0v) is 7.47. The van der Waals surface area contributed by atoms with E-state index >= 15 is 0 Å². The highest BCUT2D eigenvalue weighted by atomic mass is 19.4. The molecule has 0 atom stereocenters. The number of hydrogen-bond donors (Lipinski definition) is 1. The van der Waals surface area contributed by atoms with Crippen LogP contribution in [-0.4, -0.2) is 11.3 Å². The fourth-order valence-corrected chi connectivity index (χ4v) is 1.04. The lowest BCUT2D eigenvalue weighted by molar-refractivity contribution is -0.119. The zero-order valence-electron chi connectivity index (χ0n) is 7.47. The molecule has 4 heteroatoms. The second kappa shape index (κ2) is 3.74. The lowest BCUT2D eigenvalue weighted by atomic mass is 10.1. The highest BCUT2D eigenvalue weighted by molar-refractivity contribution is 5.66. The molecule has 0 saturated carbocycles. The monoisotopic (exact) mass is 202 g/mol. The third-order valence-corrected chi connectivity index (χ3v) is 1.83. The van der Waals surface area contributed by atoms with Gasteiger partial charge in [-0.25, -0.2) is 0 Å². The molecule has 0 bridgehead atoms. The topological polar surface area (TPSA) is 20.2 Å². The van der Waals surface area contributed by atoms with Crippen molar-refractivity contribution in [1.82, 2.24) is 0 Å². The number of alkyl halides is 3. The van der Waals surface area contributed by atoms with Crippen molar-refractivity contribution >= 4 is 5.57 Å². The predicted molar refractivity (Wildman–Crippen MR) is 47.7 cm³/mol. The van der Waals surface area contributed by atoms with Crippen molar-refractivity contribution in [3.63, 3.8) is 0 Å². The third kappa shape index (κ3) is 2.28. The van der Waals surface area contributed by atoms with Crippen LogP contribution in [0.5, 0.6) is 0 Å². The van der Waals surface area contributed by atoms with Crippen LogP contribution in [0.25, 0.3) is 5.57 Å². The molecular weight excluding hydrogens is 193 g/mol. The minimum absolute atomic E-state index is 0.168. The summed E-state index contributed by atoms with van der Waals surface area (Å²) in [6.07, 6.45) is -4.68. The van der Waals surface area contributed by atoms with Crippen LogP contribution in [0.4, 0.5) is 13.2 Å². The summed E-state index contributed by atoms with van der Waals surface area (Å²) in [7, 11) is 0. The summed E-state index contributed by atoms with van der Waals surface area (Å²) >= 11 is 0. The Labute approximate surface area is 79.5 Å². The van der Waals surface area contributed by atoms with Gasteiger partial charge < -0.3 is 5.11 Å². The molecule has 0 heterocycles. The minimum atomic E-state index is -4.68. The Morgan fingerprint density at radius 1 is 1.14 bits per heavy atom. The quantitative estimate of drug-likeness (QED) is 0.690. The number of halogens is 3. The van der Waals surface area contributed by atoms with E-state index in [-0.39, 0.29) is 5.57 Å². The maximum atomic E-state index is 12.1. The van der Waals surface area contributed by atoms with Gasteiger partial charge in [-0.1, -0.05) is 30.3 Å². The second-order valence-corrected chi connectivity index (χ2v) is 2.84. The summed E-state index contributed by atoms with van der Waals surface area (Å²) in [5.41, 5.74) is 0.195. The van der Waals surface area contributed by atoms with Gasteiger partial charge in [0, 0.05) is 5.57 Å². The van der Waals surface area contributed by atoms with Gasteiger partial charge in [-0.2, -0.15) is 13.2 Å². The van der Waals surface area contributed by atoms with Crippen molar-refractivity contribution in [2.45, 2.75) is 13.1 Å². The van der Waals surface area contributed by atoms with Crippen LogP contribution in [0.2, 0.25) is 0 Å². The number of hydrogen-bond acceptors (Lipinski definition) is 1. The molecule has 1 N–H and O–H groups in total. The molecule has 1 aromatic rings. The first-order chi connectivity index (χ1) is 6.43. The SMILES string of the molecule is CC(=C(O)C(F)(F)F)c1ccccc1. The summed E-state index contributed by atoms with van der Waals surface area (Å²) < 4.78 is 36.2. The van der Waals surface area contributed by atoms with Crippen molar-refractivity contribution in [2.24, 2.45) is 0 Å². The van der Waals surface area contributed by atoms with E-state index in [1.54, 1.807) is 18.2 Å². The summed E-state index contributed by atoms with van der Waals surface area (Å²) in [5.74, 6) is -1.54. The van der Waals surface area contributed by atoms with Gasteiger partial charge in [-0.3, -0.25) is 0 Å². The van der Waals surface area contributed by atoms with Gasteiger partial charge in [0.1, 0.15) is 0 Å². The Bertz CT molecular complexity index is 338. The van der Waals surface area contributed by atoms with E-state index in [0.29, 0.717) is 5.56 Å². The molecule has 14 heavy (non-hydrogen) atoms. The summed E-state index contributed by atoms with van der Waals surface area (Å²) in [4.78, 5) is 0. The molecule has 0 saturated heterocycles. The lowest BCUT2D eigenvalue weighted by Gasteiger charge is -2.09. The average Bonchev–Trinajstić information content (AvgIpc) is 2.15. The molecule has 0 unspecified atom stereocenters. The van der Waals surface area contributed by atoms with Gasteiger partial charge in [-0.05, 0) is 12.5 Å². The van der Waals surface area contributed by atoms with E-state index in [1.807, 2.05) is 0 Å². The molecule has 0 aromatic heterocycles. The van der Waals surface area contributed by atoms with Crippen LogP contribution in [0.15, 0.2) is 36.1 Å². The van der Waals surface area contributed by atoms with Crippen LogP contribution in [0, 0.1) is 0 Å². The van der Waals surface area contributed by atoms with E-state index in [1.165, 1.54) is 19.1 Å². The normalized spacial score (nSPS) is 13.7. The fraction of sp³-hybridized carbons (Fsp3) is 0.200. The zero-order chi connectivity index (χ0) is 10.8. The highest BCUT2D eigenvalue weighted by Crippen LogP contribution is 2.29. The number of benzene rings is 1. The molecule has 0 aliphatic heterocycles. The first-order valence-electron chi connectivity index (χ1n) is 3.95. The van der Waals surface area contributed by atoms with Crippen molar-refractivity contribution in [3.8, 4) is 0 Å². The van der Waals surface area contributed by atoms with E-state index < -0.39 is 11.9 Å². The van der Waals surface area contributed by atoms with Crippen LogP contribution in [0.3, 0.4) is 0 Å². The van der Waals surface area contributed by atoms with Crippen LogP contribution < -0.4 is 0 Å². The standard InChI is InChI=1S/C10H9F3O/c1-7(9(14)10(11,12)13)8-5-3-2-4-6-8/h2-6,14H,1H3. The molecule has 1 nitrogen and oxygen atoms in total. The number of rotatable bonds is 1. The molecule has 0 aliphatic rings. The van der Waals surface area contributed by atoms with Crippen LogP contribution in [-0.2, 0) is 0 Å². The lowest BCUT2D eigenvalue weighted by Crippen LogP contribution is -2.12. The molecule has 1 rings (SSSR count). The smallest absolute Gasteiger partial charge is 0.448 e. The maximum Gasteiger partial charge on any atom is 0.448 e. The Hall–Kier alpha value is -1.45. The average molecular weight is 202 g/mol. The molecule has 76 valence electrons. The third-order valence-electron chi connectivity index (χ3n) is 1.83. The molecule has 1 aromatic carbocycles. The van der Waals surface area contributed by atoms with E-state index in [2.05, 4.69) is 0 Å². The van der Waals surface area contributed by atoms with E-state index in [9.17, 15) is 13.2 Å². The summed E-state index contributed by atoms with van der Waals surface area (Å²) in [6.45, 7) is 1.23. The number of aliphatic hydroxyl groups is 1. The van der Waals surface area contributed by atoms with Crippen molar-refractivity contribution in [3.05, 3.63) is 41.7 Å². The fourth-order valence-electron chi connectivity index (χ4n) is 1.04. The molecule has 0 spiro atoms. The largest absolute Gasteiger partial charge is 0.504 e. The predicted octanol–water partition coefficient (Wildman–Crippen LogP) is 3.54. The van der Waals surface area contributed by atoms with E-state index in [0.717, 1.165) is 0 Å². The molecule has 0 fully saturated rings. The Morgan fingerprint density at radius 3 is 2.07 bits per heavy atom. The molecular formula is C10H9F3O. The van der Waals surface area contributed by atoms with Crippen molar-refractivity contribution in [2.75, 3.05) is 0 Å².